The first-order chi connectivity index (χ1) is 15.8. The minimum atomic E-state index is -0.693. The Bertz CT molecular complexity index is 1240. The van der Waals surface area contributed by atoms with Gasteiger partial charge in [0.05, 0.1) is 25.5 Å². The Balaban J connectivity index is 1.94. The molecule has 0 saturated heterocycles. The van der Waals surface area contributed by atoms with Crippen molar-refractivity contribution in [2.24, 2.45) is 5.92 Å². The monoisotopic (exact) mass is 453 g/mol. The lowest BCUT2D eigenvalue weighted by Gasteiger charge is -2.16. The van der Waals surface area contributed by atoms with Gasteiger partial charge in [-0.3, -0.25) is 4.79 Å². The molecule has 174 valence electrons. The van der Waals surface area contributed by atoms with Gasteiger partial charge in [0.2, 0.25) is 5.91 Å². The number of fused-ring (bicyclic) bond motifs is 1. The lowest BCUT2D eigenvalue weighted by Crippen LogP contribution is -2.20. The Morgan fingerprint density at radius 3 is 2.36 bits per heavy atom. The summed E-state index contributed by atoms with van der Waals surface area (Å²) in [4.78, 5) is 37.3. The van der Waals surface area contributed by atoms with Crippen molar-refractivity contribution in [1.82, 2.24) is 0 Å². The number of rotatable bonds is 8. The SMILES string of the molecule is CCc1ccc2c(COC(=O)c3cc(OC)c(OC)cc3NC(=O)C(C)C)cc(=O)oc2c1. The first kappa shape index (κ1) is 23.8. The molecule has 0 fully saturated rings. The highest BCUT2D eigenvalue weighted by Gasteiger charge is 2.21. The van der Waals surface area contributed by atoms with Crippen LogP contribution < -0.4 is 20.4 Å². The normalized spacial score (nSPS) is 10.8. The Morgan fingerprint density at radius 1 is 1.03 bits per heavy atom. The van der Waals surface area contributed by atoms with E-state index in [4.69, 9.17) is 18.6 Å². The van der Waals surface area contributed by atoms with Crippen LogP contribution in [0.5, 0.6) is 11.5 Å². The number of esters is 1. The number of methoxy groups -OCH3 is 2. The van der Waals surface area contributed by atoms with Gasteiger partial charge in [0.25, 0.3) is 0 Å². The second kappa shape index (κ2) is 10.2. The van der Waals surface area contributed by atoms with Gasteiger partial charge in [0, 0.05) is 35.1 Å². The molecule has 3 rings (SSSR count). The van der Waals surface area contributed by atoms with Crippen LogP contribution in [0, 0.1) is 5.92 Å². The maximum absolute atomic E-state index is 13.0. The molecule has 0 aliphatic carbocycles. The Kier molecular flexibility index (Phi) is 7.37. The summed E-state index contributed by atoms with van der Waals surface area (Å²) in [5.41, 5.74) is 1.78. The fourth-order valence-electron chi connectivity index (χ4n) is 3.26. The largest absolute Gasteiger partial charge is 0.493 e. The van der Waals surface area contributed by atoms with Crippen LogP contribution in [-0.2, 0) is 22.6 Å². The van der Waals surface area contributed by atoms with Crippen molar-refractivity contribution in [3.8, 4) is 11.5 Å². The summed E-state index contributed by atoms with van der Waals surface area (Å²) < 4.78 is 21.4. The van der Waals surface area contributed by atoms with E-state index in [-0.39, 0.29) is 29.7 Å². The first-order valence-corrected chi connectivity index (χ1v) is 10.6. The number of hydrogen-bond donors (Lipinski definition) is 1. The molecule has 3 aromatic rings. The average Bonchev–Trinajstić information content (AvgIpc) is 2.81. The van der Waals surface area contributed by atoms with Gasteiger partial charge < -0.3 is 23.9 Å². The number of aryl methyl sites for hydroxylation is 1. The number of amides is 1. The number of ether oxygens (including phenoxy) is 3. The van der Waals surface area contributed by atoms with Gasteiger partial charge in [0.15, 0.2) is 11.5 Å². The van der Waals surface area contributed by atoms with Gasteiger partial charge >= 0.3 is 11.6 Å². The van der Waals surface area contributed by atoms with Crippen molar-refractivity contribution in [3.05, 3.63) is 63.5 Å². The molecule has 1 N–H and O–H groups in total. The molecule has 0 atom stereocenters. The van der Waals surface area contributed by atoms with E-state index in [1.54, 1.807) is 19.9 Å². The van der Waals surface area contributed by atoms with E-state index >= 15 is 0 Å². The summed E-state index contributed by atoms with van der Waals surface area (Å²) in [6, 6.07) is 9.83. The van der Waals surface area contributed by atoms with Crippen molar-refractivity contribution >= 4 is 28.5 Å². The van der Waals surface area contributed by atoms with Crippen molar-refractivity contribution in [3.63, 3.8) is 0 Å². The number of carbonyl (C=O) groups is 2. The van der Waals surface area contributed by atoms with Gasteiger partial charge in [-0.15, -0.1) is 0 Å². The molecule has 8 nitrogen and oxygen atoms in total. The topological polar surface area (TPSA) is 104 Å². The number of anilines is 1. The van der Waals surface area contributed by atoms with E-state index in [9.17, 15) is 14.4 Å². The molecule has 0 radical (unpaired) electrons. The maximum Gasteiger partial charge on any atom is 0.340 e. The molecule has 1 heterocycles. The predicted molar refractivity (Wildman–Crippen MR) is 124 cm³/mol. The van der Waals surface area contributed by atoms with Gasteiger partial charge in [0.1, 0.15) is 12.2 Å². The molecule has 1 aromatic heterocycles. The third-order valence-electron chi connectivity index (χ3n) is 5.19. The average molecular weight is 453 g/mol. The number of nitrogens with one attached hydrogen (secondary N) is 1. The number of hydrogen-bond acceptors (Lipinski definition) is 7. The zero-order valence-corrected chi connectivity index (χ0v) is 19.3. The van der Waals surface area contributed by atoms with E-state index in [2.05, 4.69) is 5.32 Å². The summed E-state index contributed by atoms with van der Waals surface area (Å²) >= 11 is 0. The van der Waals surface area contributed by atoms with Crippen molar-refractivity contribution in [2.45, 2.75) is 33.8 Å². The Labute approximate surface area is 191 Å². The fourth-order valence-corrected chi connectivity index (χ4v) is 3.26. The maximum atomic E-state index is 13.0. The Hall–Kier alpha value is -3.81. The zero-order chi connectivity index (χ0) is 24.1. The van der Waals surface area contributed by atoms with Crippen LogP contribution in [0.15, 0.2) is 45.6 Å². The van der Waals surface area contributed by atoms with Crippen molar-refractivity contribution in [1.29, 1.82) is 0 Å². The lowest BCUT2D eigenvalue weighted by atomic mass is 10.1. The smallest absolute Gasteiger partial charge is 0.340 e. The minimum Gasteiger partial charge on any atom is -0.493 e. The molecule has 1 amide bonds. The summed E-state index contributed by atoms with van der Waals surface area (Å²) in [6.07, 6.45) is 0.795. The van der Waals surface area contributed by atoms with Crippen LogP contribution in [0.2, 0.25) is 0 Å². The van der Waals surface area contributed by atoms with Gasteiger partial charge in [-0.2, -0.15) is 0 Å². The van der Waals surface area contributed by atoms with Gasteiger partial charge in [-0.25, -0.2) is 9.59 Å². The van der Waals surface area contributed by atoms with Crippen molar-refractivity contribution in [2.75, 3.05) is 19.5 Å². The van der Waals surface area contributed by atoms with E-state index in [0.717, 1.165) is 12.0 Å². The number of benzene rings is 2. The van der Waals surface area contributed by atoms with E-state index < -0.39 is 11.6 Å². The van der Waals surface area contributed by atoms with E-state index in [1.165, 1.54) is 32.4 Å². The second-order valence-electron chi connectivity index (χ2n) is 7.75. The summed E-state index contributed by atoms with van der Waals surface area (Å²) in [5, 5.41) is 3.41. The first-order valence-electron chi connectivity index (χ1n) is 10.6. The Morgan fingerprint density at radius 2 is 1.73 bits per heavy atom. The highest BCUT2D eigenvalue weighted by molar-refractivity contribution is 6.02. The highest BCUT2D eigenvalue weighted by atomic mass is 16.5. The molecule has 0 spiro atoms. The quantitative estimate of drug-likeness (QED) is 0.400. The van der Waals surface area contributed by atoms with Crippen LogP contribution in [0.1, 0.15) is 42.3 Å². The standard InChI is InChI=1S/C25H27NO7/c1-6-15-7-8-17-16(10-23(27)33-20(17)9-15)13-32-25(29)18-11-21(30-4)22(31-5)12-19(18)26-24(28)14(2)3/h7-12,14H,6,13H2,1-5H3,(H,26,28). The van der Waals surface area contributed by atoms with Gasteiger partial charge in [-0.1, -0.05) is 32.9 Å². The fraction of sp³-hybridized carbons (Fsp3) is 0.320. The molecule has 0 unspecified atom stereocenters. The van der Waals surface area contributed by atoms with Crippen LogP contribution in [0.25, 0.3) is 11.0 Å². The molecule has 0 saturated carbocycles. The van der Waals surface area contributed by atoms with Crippen LogP contribution in [0.3, 0.4) is 0 Å². The molecular weight excluding hydrogens is 426 g/mol. The van der Waals surface area contributed by atoms with Crippen molar-refractivity contribution < 1.29 is 28.2 Å². The third-order valence-corrected chi connectivity index (χ3v) is 5.19. The summed E-state index contributed by atoms with van der Waals surface area (Å²) in [7, 11) is 2.90. The second-order valence-corrected chi connectivity index (χ2v) is 7.75. The molecule has 0 bridgehead atoms. The summed E-state index contributed by atoms with van der Waals surface area (Å²) in [5.74, 6) is -0.600. The van der Waals surface area contributed by atoms with Crippen LogP contribution in [-0.4, -0.2) is 26.1 Å². The minimum absolute atomic E-state index is 0.0993. The zero-order valence-electron chi connectivity index (χ0n) is 19.3. The van der Waals surface area contributed by atoms with E-state index in [1.807, 2.05) is 19.1 Å². The molecule has 0 aliphatic rings. The van der Waals surface area contributed by atoms with Gasteiger partial charge in [-0.05, 0) is 18.1 Å². The molecule has 8 heteroatoms. The summed E-state index contributed by atoms with van der Waals surface area (Å²) in [6.45, 7) is 5.33. The van der Waals surface area contributed by atoms with Crippen LogP contribution in [0.4, 0.5) is 5.69 Å². The predicted octanol–water partition coefficient (Wildman–Crippen LogP) is 4.32. The van der Waals surface area contributed by atoms with E-state index in [0.29, 0.717) is 28.0 Å². The highest BCUT2D eigenvalue weighted by Crippen LogP contribution is 2.34. The molecular formula is C25H27NO7. The lowest BCUT2D eigenvalue weighted by molar-refractivity contribution is -0.118. The molecule has 2 aromatic carbocycles. The molecule has 0 aliphatic heterocycles. The molecule has 33 heavy (non-hydrogen) atoms. The third kappa shape index (κ3) is 5.34. The van der Waals surface area contributed by atoms with Crippen LogP contribution >= 0.6 is 0 Å². The number of carbonyl (C=O) groups excluding carboxylic acids is 2.